The van der Waals surface area contributed by atoms with E-state index in [2.05, 4.69) is 12.2 Å². The molecule has 1 amide bonds. The van der Waals surface area contributed by atoms with E-state index in [1.165, 1.54) is 17.4 Å². The number of rotatable bonds is 5. The van der Waals surface area contributed by atoms with E-state index in [0.717, 1.165) is 29.7 Å². The first-order chi connectivity index (χ1) is 13.4. The lowest BCUT2D eigenvalue weighted by atomic mass is 9.86. The minimum atomic E-state index is -0.381. The Bertz CT molecular complexity index is 936. The van der Waals surface area contributed by atoms with E-state index < -0.39 is 0 Å². The fraction of sp³-hybridized carbons (Fsp3) is 0.333. The maximum Gasteiger partial charge on any atom is 0.341 e. The van der Waals surface area contributed by atoms with Crippen molar-refractivity contribution in [3.05, 3.63) is 55.9 Å². The fourth-order valence-electron chi connectivity index (χ4n) is 3.36. The molecule has 3 rings (SSSR count). The number of amides is 1. The van der Waals surface area contributed by atoms with Crippen molar-refractivity contribution in [3.8, 4) is 0 Å². The summed E-state index contributed by atoms with van der Waals surface area (Å²) in [6.07, 6.45) is 6.04. The van der Waals surface area contributed by atoms with Gasteiger partial charge in [-0.1, -0.05) is 36.2 Å². The molecule has 0 radical (unpaired) electrons. The summed E-state index contributed by atoms with van der Waals surface area (Å²) in [5, 5.41) is 4.40. The number of hydrogen-bond donors (Lipinski definition) is 1. The summed E-state index contributed by atoms with van der Waals surface area (Å²) in [7, 11) is 0. The van der Waals surface area contributed by atoms with E-state index >= 15 is 0 Å². The number of anilines is 1. The van der Waals surface area contributed by atoms with Gasteiger partial charge in [-0.25, -0.2) is 4.79 Å². The van der Waals surface area contributed by atoms with Gasteiger partial charge >= 0.3 is 5.97 Å². The molecule has 148 valence electrons. The van der Waals surface area contributed by atoms with E-state index in [0.29, 0.717) is 32.8 Å². The number of carbonyl (C=O) groups excluding carboxylic acids is 2. The molecule has 0 fully saturated rings. The second kappa shape index (κ2) is 9.12. The lowest BCUT2D eigenvalue weighted by Crippen LogP contribution is -2.15. The molecular formula is C21H21Cl2NO3S. The third-order valence-electron chi connectivity index (χ3n) is 4.65. The molecule has 0 saturated carbocycles. The minimum absolute atomic E-state index is 0.272. The van der Waals surface area contributed by atoms with Crippen molar-refractivity contribution in [2.45, 2.75) is 39.0 Å². The summed E-state index contributed by atoms with van der Waals surface area (Å²) < 4.78 is 5.25. The third-order valence-corrected chi connectivity index (χ3v) is 6.39. The lowest BCUT2D eigenvalue weighted by Gasteiger charge is -2.19. The van der Waals surface area contributed by atoms with Crippen LogP contribution < -0.4 is 5.32 Å². The van der Waals surface area contributed by atoms with Crippen LogP contribution in [0.4, 0.5) is 5.00 Å². The quantitative estimate of drug-likeness (QED) is 0.439. The van der Waals surface area contributed by atoms with Crippen LogP contribution in [0.3, 0.4) is 0 Å². The number of esters is 1. The first-order valence-electron chi connectivity index (χ1n) is 9.17. The largest absolute Gasteiger partial charge is 0.462 e. The van der Waals surface area contributed by atoms with Gasteiger partial charge < -0.3 is 10.1 Å². The van der Waals surface area contributed by atoms with Gasteiger partial charge in [0.1, 0.15) is 5.00 Å². The number of nitrogens with one attached hydrogen (secondary N) is 1. The normalized spacial score (nSPS) is 16.1. The maximum absolute atomic E-state index is 12.6. The number of thiophene rings is 1. The molecule has 1 atom stereocenters. The highest BCUT2D eigenvalue weighted by atomic mass is 35.5. The number of benzene rings is 1. The zero-order chi connectivity index (χ0) is 20.3. The Morgan fingerprint density at radius 2 is 2.14 bits per heavy atom. The summed E-state index contributed by atoms with van der Waals surface area (Å²) in [5.41, 5.74) is 2.21. The van der Waals surface area contributed by atoms with E-state index in [1.807, 2.05) is 0 Å². The summed E-state index contributed by atoms with van der Waals surface area (Å²) >= 11 is 13.5. The van der Waals surface area contributed by atoms with Crippen molar-refractivity contribution in [1.82, 2.24) is 0 Å². The monoisotopic (exact) mass is 437 g/mol. The third kappa shape index (κ3) is 4.59. The molecule has 0 saturated heterocycles. The lowest BCUT2D eigenvalue weighted by molar-refractivity contribution is -0.111. The van der Waals surface area contributed by atoms with Gasteiger partial charge in [-0.3, -0.25) is 4.79 Å². The topological polar surface area (TPSA) is 55.4 Å². The molecule has 0 aliphatic heterocycles. The van der Waals surface area contributed by atoms with Crippen LogP contribution in [0.5, 0.6) is 0 Å². The minimum Gasteiger partial charge on any atom is -0.462 e. The van der Waals surface area contributed by atoms with Gasteiger partial charge in [-0.2, -0.15) is 0 Å². The van der Waals surface area contributed by atoms with Gasteiger partial charge in [0.2, 0.25) is 5.91 Å². The van der Waals surface area contributed by atoms with E-state index in [9.17, 15) is 9.59 Å². The maximum atomic E-state index is 12.6. The molecule has 4 nitrogen and oxygen atoms in total. The Balaban J connectivity index is 1.86. The Morgan fingerprint density at radius 1 is 1.36 bits per heavy atom. The van der Waals surface area contributed by atoms with Crippen LogP contribution in [0.25, 0.3) is 6.08 Å². The van der Waals surface area contributed by atoms with Gasteiger partial charge in [0, 0.05) is 21.0 Å². The molecule has 1 N–H and O–H groups in total. The number of carbonyl (C=O) groups is 2. The number of halogens is 2. The molecule has 0 spiro atoms. The number of ether oxygens (including phenoxy) is 1. The van der Waals surface area contributed by atoms with E-state index in [1.54, 1.807) is 31.2 Å². The standard InChI is InChI=1S/C21H21Cl2NO3S/c1-3-27-21(26)19-18-12(2)5-4-6-16(18)28-20(19)24-17(25)10-8-13-7-9-14(22)11-15(13)23/h7-12H,3-6H2,1-2H3,(H,24,25). The van der Waals surface area contributed by atoms with Gasteiger partial charge in [-0.15, -0.1) is 11.3 Å². The average molecular weight is 438 g/mol. The Hall–Kier alpha value is -1.82. The predicted octanol–water partition coefficient (Wildman–Crippen LogP) is 6.32. The molecule has 1 aliphatic rings. The zero-order valence-electron chi connectivity index (χ0n) is 15.7. The molecule has 28 heavy (non-hydrogen) atoms. The molecule has 7 heteroatoms. The number of aryl methyl sites for hydroxylation is 1. The van der Waals surface area contributed by atoms with E-state index in [4.69, 9.17) is 27.9 Å². The van der Waals surface area contributed by atoms with Gasteiger partial charge in [-0.05, 0) is 61.4 Å². The zero-order valence-corrected chi connectivity index (χ0v) is 18.0. The molecule has 1 aromatic heterocycles. The van der Waals surface area contributed by atoms with Crippen LogP contribution in [-0.2, 0) is 16.0 Å². The highest BCUT2D eigenvalue weighted by Gasteiger charge is 2.30. The average Bonchev–Trinajstić information content (AvgIpc) is 3.00. The van der Waals surface area contributed by atoms with Crippen molar-refractivity contribution in [3.63, 3.8) is 0 Å². The highest BCUT2D eigenvalue weighted by Crippen LogP contribution is 2.43. The molecule has 1 heterocycles. The number of hydrogen-bond acceptors (Lipinski definition) is 4. The first kappa shape index (κ1) is 20.9. The van der Waals surface area contributed by atoms with Crippen molar-refractivity contribution in [1.29, 1.82) is 0 Å². The van der Waals surface area contributed by atoms with Crippen LogP contribution in [0.2, 0.25) is 10.0 Å². The Labute approximate surface area is 178 Å². The summed E-state index contributed by atoms with van der Waals surface area (Å²) in [4.78, 5) is 26.2. The molecule has 1 aromatic carbocycles. The van der Waals surface area contributed by atoms with Crippen LogP contribution >= 0.6 is 34.5 Å². The second-order valence-corrected chi connectivity index (χ2v) is 8.59. The first-order valence-corrected chi connectivity index (χ1v) is 10.7. The van der Waals surface area contributed by atoms with Crippen molar-refractivity contribution >= 4 is 57.5 Å². The van der Waals surface area contributed by atoms with Gasteiger partial charge in [0.15, 0.2) is 0 Å². The fourth-order valence-corrected chi connectivity index (χ4v) is 5.19. The van der Waals surface area contributed by atoms with E-state index in [-0.39, 0.29) is 17.8 Å². The molecule has 2 aromatic rings. The summed E-state index contributed by atoms with van der Waals surface area (Å²) in [5.74, 6) is -0.440. The summed E-state index contributed by atoms with van der Waals surface area (Å²) in [6, 6.07) is 5.07. The number of fused-ring (bicyclic) bond motifs is 1. The molecular weight excluding hydrogens is 417 g/mol. The van der Waals surface area contributed by atoms with Crippen LogP contribution in [0.1, 0.15) is 59.0 Å². The van der Waals surface area contributed by atoms with Crippen molar-refractivity contribution in [2.24, 2.45) is 0 Å². The molecule has 1 unspecified atom stereocenters. The molecule has 1 aliphatic carbocycles. The predicted molar refractivity (Wildman–Crippen MR) is 116 cm³/mol. The van der Waals surface area contributed by atoms with Crippen molar-refractivity contribution in [2.75, 3.05) is 11.9 Å². The highest BCUT2D eigenvalue weighted by molar-refractivity contribution is 7.17. The van der Waals surface area contributed by atoms with Crippen LogP contribution in [0.15, 0.2) is 24.3 Å². The van der Waals surface area contributed by atoms with Gasteiger partial charge in [0.05, 0.1) is 12.2 Å². The summed E-state index contributed by atoms with van der Waals surface area (Å²) in [6.45, 7) is 4.18. The SMILES string of the molecule is CCOC(=O)c1c(NC(=O)C=Cc2ccc(Cl)cc2Cl)sc2c1C(C)CCC2. The Morgan fingerprint density at radius 3 is 2.86 bits per heavy atom. The van der Waals surface area contributed by atoms with Gasteiger partial charge in [0.25, 0.3) is 0 Å². The van der Waals surface area contributed by atoms with Crippen LogP contribution in [0, 0.1) is 0 Å². The molecule has 0 bridgehead atoms. The smallest absolute Gasteiger partial charge is 0.341 e. The van der Waals surface area contributed by atoms with Crippen molar-refractivity contribution < 1.29 is 14.3 Å². The van der Waals surface area contributed by atoms with Crippen LogP contribution in [-0.4, -0.2) is 18.5 Å². The second-order valence-electron chi connectivity index (χ2n) is 6.65. The Kier molecular flexibility index (Phi) is 6.81.